The lowest BCUT2D eigenvalue weighted by atomic mass is 9.73. The summed E-state index contributed by atoms with van der Waals surface area (Å²) < 4.78 is 4.86. The first-order valence-electron chi connectivity index (χ1n) is 4.93. The molecule has 1 aromatic heterocycles. The Morgan fingerprint density at radius 1 is 1.64 bits per heavy atom. The molecule has 0 aromatic carbocycles. The van der Waals surface area contributed by atoms with E-state index in [1.54, 1.807) is 11.3 Å². The molecule has 1 aliphatic rings. The molecule has 1 atom stereocenters. The Labute approximate surface area is 87.9 Å². The van der Waals surface area contributed by atoms with E-state index < -0.39 is 0 Å². The average Bonchev–Trinajstić information content (AvgIpc) is 2.62. The summed E-state index contributed by atoms with van der Waals surface area (Å²) in [5.41, 5.74) is 1.13. The molecule has 1 heterocycles. The fourth-order valence-corrected chi connectivity index (χ4v) is 2.65. The third-order valence-corrected chi connectivity index (χ3v) is 3.68. The molecule has 1 aliphatic carbocycles. The Kier molecular flexibility index (Phi) is 2.87. The lowest BCUT2D eigenvalue weighted by molar-refractivity contribution is -0.144. The van der Waals surface area contributed by atoms with Gasteiger partial charge >= 0.3 is 5.97 Å². The van der Waals surface area contributed by atoms with Crippen molar-refractivity contribution in [3.05, 3.63) is 22.4 Å². The van der Waals surface area contributed by atoms with Crippen molar-refractivity contribution in [2.45, 2.75) is 25.2 Å². The van der Waals surface area contributed by atoms with Crippen molar-refractivity contribution in [3.8, 4) is 0 Å². The molecule has 0 N–H and O–H groups in total. The number of carbonyl (C=O) groups excluding carboxylic acids is 1. The fourth-order valence-electron chi connectivity index (χ4n) is 1.95. The van der Waals surface area contributed by atoms with Gasteiger partial charge in [0.05, 0.1) is 13.0 Å². The van der Waals surface area contributed by atoms with Gasteiger partial charge < -0.3 is 4.74 Å². The lowest BCUT2D eigenvalue weighted by Crippen LogP contribution is -2.27. The van der Waals surface area contributed by atoms with Gasteiger partial charge in [0.25, 0.3) is 0 Å². The number of ether oxygens (including phenoxy) is 1. The highest BCUT2D eigenvalue weighted by Crippen LogP contribution is 2.40. The van der Waals surface area contributed by atoms with Crippen LogP contribution in [0, 0.1) is 5.92 Å². The third-order valence-electron chi connectivity index (χ3n) is 2.98. The van der Waals surface area contributed by atoms with Gasteiger partial charge in [-0.15, -0.1) is 0 Å². The van der Waals surface area contributed by atoms with Crippen LogP contribution < -0.4 is 0 Å². The van der Waals surface area contributed by atoms with Crippen LogP contribution in [0.3, 0.4) is 0 Å². The van der Waals surface area contributed by atoms with Crippen molar-refractivity contribution in [3.63, 3.8) is 0 Å². The maximum absolute atomic E-state index is 11.6. The predicted molar refractivity (Wildman–Crippen MR) is 56.4 cm³/mol. The van der Waals surface area contributed by atoms with Gasteiger partial charge in [-0.1, -0.05) is 6.42 Å². The second-order valence-corrected chi connectivity index (χ2v) is 4.53. The van der Waals surface area contributed by atoms with E-state index in [2.05, 4.69) is 5.38 Å². The summed E-state index contributed by atoms with van der Waals surface area (Å²) in [6.45, 7) is 0. The second kappa shape index (κ2) is 4.13. The summed E-state index contributed by atoms with van der Waals surface area (Å²) in [6, 6.07) is 2.03. The summed E-state index contributed by atoms with van der Waals surface area (Å²) >= 11 is 1.64. The number of methoxy groups -OCH3 is 1. The molecule has 1 fully saturated rings. The molecule has 0 bridgehead atoms. The molecule has 3 heteroatoms. The minimum absolute atomic E-state index is 0.0139. The van der Waals surface area contributed by atoms with Gasteiger partial charge in [-0.05, 0) is 41.1 Å². The zero-order valence-corrected chi connectivity index (χ0v) is 9.05. The van der Waals surface area contributed by atoms with Crippen LogP contribution in [0.5, 0.6) is 0 Å². The molecule has 0 spiro atoms. The van der Waals surface area contributed by atoms with Gasteiger partial charge in [0.2, 0.25) is 0 Å². The van der Waals surface area contributed by atoms with E-state index >= 15 is 0 Å². The van der Waals surface area contributed by atoms with Crippen molar-refractivity contribution in [2.24, 2.45) is 5.92 Å². The highest BCUT2D eigenvalue weighted by atomic mass is 32.1. The van der Waals surface area contributed by atoms with Crippen molar-refractivity contribution >= 4 is 17.3 Å². The smallest absolute Gasteiger partial charge is 0.313 e. The first kappa shape index (κ1) is 9.71. The van der Waals surface area contributed by atoms with Crippen LogP contribution in [0.2, 0.25) is 0 Å². The number of hydrogen-bond acceptors (Lipinski definition) is 3. The Morgan fingerprint density at radius 3 is 2.86 bits per heavy atom. The van der Waals surface area contributed by atoms with E-state index in [0.29, 0.717) is 5.92 Å². The van der Waals surface area contributed by atoms with Gasteiger partial charge in [0.15, 0.2) is 0 Å². The minimum Gasteiger partial charge on any atom is -0.469 e. The SMILES string of the molecule is COC(=O)C(c1ccsc1)C1CCC1. The maximum atomic E-state index is 11.6. The number of rotatable bonds is 3. The first-order valence-corrected chi connectivity index (χ1v) is 5.87. The van der Waals surface area contributed by atoms with Crippen molar-refractivity contribution in [1.82, 2.24) is 0 Å². The molecule has 0 saturated heterocycles. The van der Waals surface area contributed by atoms with Crippen LogP contribution in [0.15, 0.2) is 16.8 Å². The zero-order valence-electron chi connectivity index (χ0n) is 8.23. The number of esters is 1. The number of thiophene rings is 1. The molecular formula is C11H14O2S. The van der Waals surface area contributed by atoms with Crippen molar-refractivity contribution in [1.29, 1.82) is 0 Å². The van der Waals surface area contributed by atoms with Crippen LogP contribution in [0.25, 0.3) is 0 Å². The standard InChI is InChI=1S/C11H14O2S/c1-13-11(12)10(8-3-2-4-8)9-5-6-14-7-9/h5-8,10H,2-4H2,1H3. The Bertz CT molecular complexity index is 301. The van der Waals surface area contributed by atoms with E-state index in [0.717, 1.165) is 18.4 Å². The minimum atomic E-state index is -0.0758. The normalized spacial score (nSPS) is 18.6. The van der Waals surface area contributed by atoms with E-state index in [4.69, 9.17) is 4.74 Å². The molecule has 0 radical (unpaired) electrons. The van der Waals surface area contributed by atoms with Crippen LogP contribution in [-0.4, -0.2) is 13.1 Å². The van der Waals surface area contributed by atoms with E-state index in [9.17, 15) is 4.79 Å². The molecule has 14 heavy (non-hydrogen) atoms. The highest BCUT2D eigenvalue weighted by molar-refractivity contribution is 7.08. The Balaban J connectivity index is 2.17. The van der Waals surface area contributed by atoms with Gasteiger partial charge in [-0.25, -0.2) is 0 Å². The fraction of sp³-hybridized carbons (Fsp3) is 0.545. The second-order valence-electron chi connectivity index (χ2n) is 3.75. The summed E-state index contributed by atoms with van der Waals surface area (Å²) in [6.07, 6.45) is 3.58. The molecule has 1 saturated carbocycles. The van der Waals surface area contributed by atoms with Gasteiger partial charge in [0, 0.05) is 0 Å². The van der Waals surface area contributed by atoms with Crippen LogP contribution in [0.4, 0.5) is 0 Å². The summed E-state index contributed by atoms with van der Waals surface area (Å²) in [5, 5.41) is 4.07. The Hall–Kier alpha value is -0.830. The number of carbonyl (C=O) groups is 1. The molecule has 0 aliphatic heterocycles. The molecular weight excluding hydrogens is 196 g/mol. The summed E-state index contributed by atoms with van der Waals surface area (Å²) in [4.78, 5) is 11.6. The van der Waals surface area contributed by atoms with Crippen molar-refractivity contribution < 1.29 is 9.53 Å². The largest absolute Gasteiger partial charge is 0.469 e. The average molecular weight is 210 g/mol. The predicted octanol–water partition coefficient (Wildman–Crippen LogP) is 2.80. The van der Waals surface area contributed by atoms with E-state index in [1.807, 2.05) is 11.4 Å². The highest BCUT2D eigenvalue weighted by Gasteiger charge is 2.34. The lowest BCUT2D eigenvalue weighted by Gasteiger charge is -2.31. The Morgan fingerprint density at radius 2 is 2.43 bits per heavy atom. The van der Waals surface area contributed by atoms with E-state index in [1.165, 1.54) is 13.5 Å². The quantitative estimate of drug-likeness (QED) is 0.717. The van der Waals surface area contributed by atoms with E-state index in [-0.39, 0.29) is 11.9 Å². The van der Waals surface area contributed by atoms with Gasteiger partial charge in [0.1, 0.15) is 0 Å². The third kappa shape index (κ3) is 1.69. The molecule has 0 amide bonds. The molecule has 1 unspecified atom stereocenters. The molecule has 2 nitrogen and oxygen atoms in total. The van der Waals surface area contributed by atoms with Crippen molar-refractivity contribution in [2.75, 3.05) is 7.11 Å². The molecule has 2 rings (SSSR count). The van der Waals surface area contributed by atoms with Crippen LogP contribution in [-0.2, 0) is 9.53 Å². The first-order chi connectivity index (χ1) is 6.83. The maximum Gasteiger partial charge on any atom is 0.313 e. The monoisotopic (exact) mass is 210 g/mol. The van der Waals surface area contributed by atoms with Gasteiger partial charge in [-0.3, -0.25) is 4.79 Å². The summed E-state index contributed by atoms with van der Waals surface area (Å²) in [5.74, 6) is 0.421. The topological polar surface area (TPSA) is 26.3 Å². The zero-order chi connectivity index (χ0) is 9.97. The van der Waals surface area contributed by atoms with Crippen LogP contribution >= 0.6 is 11.3 Å². The molecule has 76 valence electrons. The summed E-state index contributed by atoms with van der Waals surface area (Å²) in [7, 11) is 1.47. The number of hydrogen-bond donors (Lipinski definition) is 0. The molecule has 1 aromatic rings. The van der Waals surface area contributed by atoms with Gasteiger partial charge in [-0.2, -0.15) is 11.3 Å². The van der Waals surface area contributed by atoms with Crippen LogP contribution in [0.1, 0.15) is 30.7 Å².